The fourth-order valence-corrected chi connectivity index (χ4v) is 7.31. The molecule has 11 nitrogen and oxygen atoms in total. The monoisotopic (exact) mass is 667 g/mol. The molecule has 3 aromatic rings. The molecule has 1 aliphatic carbocycles. The highest BCUT2D eigenvalue weighted by Crippen LogP contribution is 2.38. The third-order valence-corrected chi connectivity index (χ3v) is 10.2. The van der Waals surface area contributed by atoms with Crippen LogP contribution in [0.4, 0.5) is 5.69 Å². The number of carbonyl (C=O) groups is 2. The first-order chi connectivity index (χ1) is 22.7. The van der Waals surface area contributed by atoms with Crippen molar-refractivity contribution in [1.82, 2.24) is 10.2 Å². The van der Waals surface area contributed by atoms with Gasteiger partial charge in [-0.2, -0.15) is 0 Å². The molecule has 0 bridgehead atoms. The zero-order valence-electron chi connectivity index (χ0n) is 27.7. The fraction of sp³-hybridized carbons (Fsp3) is 0.429. The van der Waals surface area contributed by atoms with Gasteiger partial charge in [-0.3, -0.25) is 13.9 Å². The minimum absolute atomic E-state index is 0.0607. The Morgan fingerprint density at radius 2 is 1.51 bits per heavy atom. The lowest BCUT2D eigenvalue weighted by Crippen LogP contribution is -2.54. The zero-order chi connectivity index (χ0) is 34.0. The smallest absolute Gasteiger partial charge is 0.265 e. The molecule has 1 aliphatic rings. The van der Waals surface area contributed by atoms with Gasteiger partial charge in [-0.1, -0.05) is 50.1 Å². The molecule has 254 valence electrons. The highest BCUT2D eigenvalue weighted by Gasteiger charge is 2.36. The maximum absolute atomic E-state index is 14.5. The SMILES string of the molecule is CCC(C(=O)NC1CCCC1)N(CCc1ccccc1)C(=O)CN(c1cc(OC)ccc1OC)S(=O)(=O)c1ccc(OC)c(OC)c1. The lowest BCUT2D eigenvalue weighted by Gasteiger charge is -2.34. The lowest BCUT2D eigenvalue weighted by atomic mass is 10.1. The molecule has 47 heavy (non-hydrogen) atoms. The predicted molar refractivity (Wildman–Crippen MR) is 180 cm³/mol. The van der Waals surface area contributed by atoms with Crippen molar-refractivity contribution in [2.75, 3.05) is 45.8 Å². The minimum Gasteiger partial charge on any atom is -0.497 e. The van der Waals surface area contributed by atoms with Crippen LogP contribution in [0, 0.1) is 0 Å². The number of sulfonamides is 1. The largest absolute Gasteiger partial charge is 0.497 e. The Morgan fingerprint density at radius 1 is 0.851 bits per heavy atom. The Balaban J connectivity index is 1.78. The summed E-state index contributed by atoms with van der Waals surface area (Å²) in [6, 6.07) is 17.8. The van der Waals surface area contributed by atoms with Gasteiger partial charge in [0.05, 0.1) is 39.0 Å². The number of ether oxygens (including phenoxy) is 4. The normalized spacial score (nSPS) is 13.8. The van der Waals surface area contributed by atoms with E-state index in [0.717, 1.165) is 35.6 Å². The van der Waals surface area contributed by atoms with Gasteiger partial charge in [0.15, 0.2) is 11.5 Å². The van der Waals surface area contributed by atoms with Gasteiger partial charge in [0.1, 0.15) is 24.1 Å². The average molecular weight is 668 g/mol. The highest BCUT2D eigenvalue weighted by molar-refractivity contribution is 7.92. The van der Waals surface area contributed by atoms with Crippen LogP contribution in [0.2, 0.25) is 0 Å². The van der Waals surface area contributed by atoms with E-state index < -0.39 is 28.5 Å². The van der Waals surface area contributed by atoms with Gasteiger partial charge in [0, 0.05) is 24.7 Å². The van der Waals surface area contributed by atoms with Crippen LogP contribution in [0.25, 0.3) is 0 Å². The molecule has 1 saturated carbocycles. The van der Waals surface area contributed by atoms with Gasteiger partial charge >= 0.3 is 0 Å². The van der Waals surface area contributed by atoms with Gasteiger partial charge < -0.3 is 29.2 Å². The molecular formula is C35H45N3O8S. The van der Waals surface area contributed by atoms with Crippen molar-refractivity contribution in [2.45, 2.75) is 62.4 Å². The molecule has 0 radical (unpaired) electrons. The van der Waals surface area contributed by atoms with Crippen LogP contribution in [-0.4, -0.2) is 78.7 Å². The van der Waals surface area contributed by atoms with E-state index in [-0.39, 0.29) is 40.6 Å². The Kier molecular flexibility index (Phi) is 12.4. The average Bonchev–Trinajstić information content (AvgIpc) is 3.61. The van der Waals surface area contributed by atoms with Crippen LogP contribution in [0.5, 0.6) is 23.0 Å². The summed E-state index contributed by atoms with van der Waals surface area (Å²) in [6.07, 6.45) is 4.71. The Bertz CT molecular complexity index is 1610. The summed E-state index contributed by atoms with van der Waals surface area (Å²) in [5.74, 6) is 0.349. The van der Waals surface area contributed by atoms with Crippen molar-refractivity contribution in [3.8, 4) is 23.0 Å². The van der Waals surface area contributed by atoms with Gasteiger partial charge in [0.25, 0.3) is 10.0 Å². The third kappa shape index (κ3) is 8.48. The van der Waals surface area contributed by atoms with E-state index in [1.165, 1.54) is 57.6 Å². The molecule has 1 atom stereocenters. The molecular weight excluding hydrogens is 622 g/mol. The summed E-state index contributed by atoms with van der Waals surface area (Å²) in [7, 11) is 1.32. The van der Waals surface area contributed by atoms with Crippen molar-refractivity contribution in [2.24, 2.45) is 0 Å². The van der Waals surface area contributed by atoms with E-state index in [4.69, 9.17) is 18.9 Å². The van der Waals surface area contributed by atoms with Gasteiger partial charge in [0.2, 0.25) is 11.8 Å². The van der Waals surface area contributed by atoms with E-state index in [1.807, 2.05) is 37.3 Å². The van der Waals surface area contributed by atoms with Crippen LogP contribution < -0.4 is 28.6 Å². The Hall–Kier alpha value is -4.45. The topological polar surface area (TPSA) is 124 Å². The zero-order valence-corrected chi connectivity index (χ0v) is 28.5. The maximum Gasteiger partial charge on any atom is 0.265 e. The predicted octanol–water partition coefficient (Wildman–Crippen LogP) is 4.83. The molecule has 12 heteroatoms. The third-order valence-electron chi connectivity index (χ3n) is 8.45. The lowest BCUT2D eigenvalue weighted by molar-refractivity contribution is -0.139. The van der Waals surface area contributed by atoms with Gasteiger partial charge in [-0.25, -0.2) is 8.42 Å². The number of rotatable bonds is 16. The highest BCUT2D eigenvalue weighted by atomic mass is 32.2. The maximum atomic E-state index is 14.5. The second-order valence-corrected chi connectivity index (χ2v) is 13.2. The van der Waals surface area contributed by atoms with Crippen molar-refractivity contribution < 1.29 is 37.0 Å². The van der Waals surface area contributed by atoms with E-state index in [1.54, 1.807) is 12.1 Å². The van der Waals surface area contributed by atoms with Crippen LogP contribution in [-0.2, 0) is 26.0 Å². The molecule has 1 N–H and O–H groups in total. The Labute approximate surface area is 277 Å². The molecule has 4 rings (SSSR count). The first kappa shape index (κ1) is 35.4. The molecule has 2 amide bonds. The summed E-state index contributed by atoms with van der Waals surface area (Å²) in [5.41, 5.74) is 1.09. The van der Waals surface area contributed by atoms with Crippen molar-refractivity contribution >= 4 is 27.5 Å². The number of carbonyl (C=O) groups excluding carboxylic acids is 2. The number of nitrogens with zero attached hydrogens (tertiary/aromatic N) is 2. The molecule has 0 saturated heterocycles. The number of hydrogen-bond donors (Lipinski definition) is 1. The molecule has 3 aromatic carbocycles. The molecule has 0 spiro atoms. The number of hydrogen-bond acceptors (Lipinski definition) is 8. The standard InChI is InChI=1S/C35H45N3O8S/c1-6-29(35(40)36-26-14-10-11-15-26)37(21-20-25-12-8-7-9-13-25)34(39)24-38(30-22-27(43-2)16-18-31(30)44-3)47(41,42)28-17-19-32(45-4)33(23-28)46-5/h7-9,12-13,16-19,22-23,26,29H,6,10-11,14-15,20-21,24H2,1-5H3,(H,36,40). The summed E-state index contributed by atoms with van der Waals surface area (Å²) in [5, 5.41) is 3.13. The molecule has 1 unspecified atom stereocenters. The number of amides is 2. The summed E-state index contributed by atoms with van der Waals surface area (Å²) in [6.45, 7) is 1.45. The van der Waals surface area contributed by atoms with E-state index in [9.17, 15) is 18.0 Å². The van der Waals surface area contributed by atoms with Gasteiger partial charge in [-0.15, -0.1) is 0 Å². The number of benzene rings is 3. The first-order valence-electron chi connectivity index (χ1n) is 15.8. The van der Waals surface area contributed by atoms with Crippen molar-refractivity contribution in [3.63, 3.8) is 0 Å². The first-order valence-corrected chi connectivity index (χ1v) is 17.2. The second kappa shape index (κ2) is 16.4. The van der Waals surface area contributed by atoms with Crippen LogP contribution in [0.3, 0.4) is 0 Å². The van der Waals surface area contributed by atoms with Crippen LogP contribution in [0.15, 0.2) is 71.6 Å². The summed E-state index contributed by atoms with van der Waals surface area (Å²) >= 11 is 0. The Morgan fingerprint density at radius 3 is 2.13 bits per heavy atom. The van der Waals surface area contributed by atoms with E-state index >= 15 is 0 Å². The molecule has 0 aromatic heterocycles. The van der Waals surface area contributed by atoms with Gasteiger partial charge in [-0.05, 0) is 55.5 Å². The summed E-state index contributed by atoms with van der Waals surface area (Å²) < 4.78 is 51.7. The quantitative estimate of drug-likeness (QED) is 0.231. The van der Waals surface area contributed by atoms with Crippen molar-refractivity contribution in [1.29, 1.82) is 0 Å². The minimum atomic E-state index is -4.42. The van der Waals surface area contributed by atoms with Crippen LogP contribution in [0.1, 0.15) is 44.6 Å². The molecule has 0 heterocycles. The number of nitrogens with one attached hydrogen (secondary N) is 1. The van der Waals surface area contributed by atoms with Crippen molar-refractivity contribution in [3.05, 3.63) is 72.3 Å². The molecule has 1 fully saturated rings. The number of anilines is 1. The van der Waals surface area contributed by atoms with E-state index in [0.29, 0.717) is 24.3 Å². The second-order valence-electron chi connectivity index (χ2n) is 11.3. The van der Waals surface area contributed by atoms with Crippen LogP contribution >= 0.6 is 0 Å². The number of methoxy groups -OCH3 is 4. The fourth-order valence-electron chi connectivity index (χ4n) is 5.87. The van der Waals surface area contributed by atoms with E-state index in [2.05, 4.69) is 5.32 Å². The molecule has 0 aliphatic heterocycles. The summed E-state index contributed by atoms with van der Waals surface area (Å²) in [4.78, 5) is 29.5.